The second-order valence-corrected chi connectivity index (χ2v) is 3.56. The molecule has 0 saturated carbocycles. The summed E-state index contributed by atoms with van der Waals surface area (Å²) < 4.78 is 1.57. The first-order valence-electron chi connectivity index (χ1n) is 5.27. The molecule has 0 atom stereocenters. The van der Waals surface area contributed by atoms with Crippen molar-refractivity contribution in [1.29, 1.82) is 0 Å². The zero-order chi connectivity index (χ0) is 12.4. The number of carbonyl (C=O) groups excluding carboxylic acids is 1. The summed E-state index contributed by atoms with van der Waals surface area (Å²) in [6.07, 6.45) is 3.18. The van der Waals surface area contributed by atoms with Crippen LogP contribution in [0.15, 0.2) is 12.4 Å². The minimum absolute atomic E-state index is 0.320. The van der Waals surface area contributed by atoms with E-state index < -0.39 is 0 Å². The summed E-state index contributed by atoms with van der Waals surface area (Å²) in [5, 5.41) is 6.80. The molecule has 0 radical (unpaired) electrons. The van der Waals surface area contributed by atoms with Gasteiger partial charge in [0.15, 0.2) is 0 Å². The Kier molecular flexibility index (Phi) is 2.82. The Morgan fingerprint density at radius 1 is 1.65 bits per heavy atom. The molecule has 2 rings (SSSR count). The van der Waals surface area contributed by atoms with Gasteiger partial charge in [-0.05, 0) is 13.8 Å². The highest BCUT2D eigenvalue weighted by atomic mass is 16.2. The summed E-state index contributed by atoms with van der Waals surface area (Å²) in [6.45, 7) is 4.25. The zero-order valence-electron chi connectivity index (χ0n) is 9.69. The zero-order valence-corrected chi connectivity index (χ0v) is 9.69. The summed E-state index contributed by atoms with van der Waals surface area (Å²) in [4.78, 5) is 18.7. The molecular formula is C10H14N6O. The Bertz CT molecular complexity index is 527. The number of aromatic nitrogens is 4. The molecule has 0 aliphatic heterocycles. The summed E-state index contributed by atoms with van der Waals surface area (Å²) in [7, 11) is 0. The molecule has 0 saturated heterocycles. The average molecular weight is 234 g/mol. The van der Waals surface area contributed by atoms with Crippen LogP contribution in [0.2, 0.25) is 0 Å². The Balaban J connectivity index is 2.30. The van der Waals surface area contributed by atoms with E-state index in [0.29, 0.717) is 29.6 Å². The molecule has 0 bridgehead atoms. The maximum absolute atomic E-state index is 12.0. The van der Waals surface area contributed by atoms with Gasteiger partial charge in [0.1, 0.15) is 5.69 Å². The van der Waals surface area contributed by atoms with Gasteiger partial charge < -0.3 is 10.7 Å². The maximum atomic E-state index is 12.0. The predicted octanol–water partition coefficient (Wildman–Crippen LogP) is 0.769. The number of nitrogen functional groups attached to an aromatic ring is 1. The van der Waals surface area contributed by atoms with Crippen LogP contribution in [0.3, 0.4) is 0 Å². The Hall–Kier alpha value is -2.31. The number of aryl methyl sites for hydroxylation is 2. The fourth-order valence-electron chi connectivity index (χ4n) is 1.56. The lowest BCUT2D eigenvalue weighted by atomic mass is 10.3. The van der Waals surface area contributed by atoms with Gasteiger partial charge in [-0.1, -0.05) is 0 Å². The molecule has 4 N–H and O–H groups in total. The van der Waals surface area contributed by atoms with Crippen LogP contribution in [-0.2, 0) is 6.54 Å². The van der Waals surface area contributed by atoms with Crippen molar-refractivity contribution in [1.82, 2.24) is 19.7 Å². The van der Waals surface area contributed by atoms with Crippen molar-refractivity contribution >= 4 is 17.5 Å². The molecule has 7 nitrogen and oxygen atoms in total. The van der Waals surface area contributed by atoms with Crippen molar-refractivity contribution in [2.24, 2.45) is 0 Å². The Morgan fingerprint density at radius 3 is 3.00 bits per heavy atom. The number of nitrogens with two attached hydrogens (primary N) is 1. The minimum Gasteiger partial charge on any atom is -0.395 e. The number of anilines is 2. The molecule has 2 aromatic heterocycles. The first-order valence-corrected chi connectivity index (χ1v) is 5.27. The van der Waals surface area contributed by atoms with Crippen molar-refractivity contribution in [2.45, 2.75) is 20.4 Å². The molecule has 1 amide bonds. The van der Waals surface area contributed by atoms with Gasteiger partial charge in [-0.2, -0.15) is 5.10 Å². The molecule has 17 heavy (non-hydrogen) atoms. The maximum Gasteiger partial charge on any atom is 0.278 e. The van der Waals surface area contributed by atoms with E-state index in [1.807, 2.05) is 6.92 Å². The topological polar surface area (TPSA) is 102 Å². The van der Waals surface area contributed by atoms with Crippen molar-refractivity contribution in [2.75, 3.05) is 11.1 Å². The van der Waals surface area contributed by atoms with Gasteiger partial charge in [-0.3, -0.25) is 14.8 Å². The van der Waals surface area contributed by atoms with E-state index in [9.17, 15) is 4.79 Å². The van der Waals surface area contributed by atoms with E-state index in [-0.39, 0.29) is 5.91 Å². The fourth-order valence-corrected chi connectivity index (χ4v) is 1.56. The van der Waals surface area contributed by atoms with E-state index in [0.717, 1.165) is 0 Å². The Morgan fingerprint density at radius 2 is 2.41 bits per heavy atom. The second kappa shape index (κ2) is 4.28. The largest absolute Gasteiger partial charge is 0.395 e. The lowest BCUT2D eigenvalue weighted by Gasteiger charge is -2.05. The minimum atomic E-state index is -0.320. The van der Waals surface area contributed by atoms with Crippen molar-refractivity contribution in [3.8, 4) is 0 Å². The fraction of sp³-hybridized carbons (Fsp3) is 0.300. The van der Waals surface area contributed by atoms with Crippen LogP contribution in [0.5, 0.6) is 0 Å². The van der Waals surface area contributed by atoms with Crippen LogP contribution in [0.1, 0.15) is 23.1 Å². The van der Waals surface area contributed by atoms with Gasteiger partial charge in [-0.25, -0.2) is 4.98 Å². The first kappa shape index (κ1) is 11.2. The molecule has 90 valence electrons. The third kappa shape index (κ3) is 1.99. The number of amides is 1. The monoisotopic (exact) mass is 234 g/mol. The number of carbonyl (C=O) groups is 1. The van der Waals surface area contributed by atoms with Crippen molar-refractivity contribution in [3.05, 3.63) is 23.8 Å². The predicted molar refractivity (Wildman–Crippen MR) is 63.6 cm³/mol. The van der Waals surface area contributed by atoms with Crippen LogP contribution < -0.4 is 11.1 Å². The van der Waals surface area contributed by atoms with E-state index in [1.165, 1.54) is 0 Å². The number of rotatable bonds is 3. The van der Waals surface area contributed by atoms with E-state index >= 15 is 0 Å². The summed E-state index contributed by atoms with van der Waals surface area (Å²) in [6, 6.07) is 0. The standard InChI is InChI=1S/C10H14N6O/c1-3-16-8(7(11)6(2)15-16)9(17)14-10-12-4-5-13-10/h4-5H,3,11H2,1-2H3,(H2,12,13,14,17). The molecule has 0 aliphatic rings. The molecule has 7 heteroatoms. The number of nitrogens with zero attached hydrogens (tertiary/aromatic N) is 3. The van der Waals surface area contributed by atoms with E-state index in [4.69, 9.17) is 5.73 Å². The summed E-state index contributed by atoms with van der Waals surface area (Å²) >= 11 is 0. The normalized spacial score (nSPS) is 10.5. The lowest BCUT2D eigenvalue weighted by molar-refractivity contribution is 0.101. The molecule has 0 spiro atoms. The number of hydrogen-bond donors (Lipinski definition) is 3. The lowest BCUT2D eigenvalue weighted by Crippen LogP contribution is -2.19. The second-order valence-electron chi connectivity index (χ2n) is 3.56. The Labute approximate surface area is 98.0 Å². The van der Waals surface area contributed by atoms with Crippen LogP contribution in [0.4, 0.5) is 11.6 Å². The van der Waals surface area contributed by atoms with Gasteiger partial charge in [0.05, 0.1) is 11.4 Å². The van der Waals surface area contributed by atoms with Gasteiger partial charge in [0, 0.05) is 18.9 Å². The van der Waals surface area contributed by atoms with Crippen LogP contribution in [-0.4, -0.2) is 25.7 Å². The molecule has 0 fully saturated rings. The number of nitrogens with one attached hydrogen (secondary N) is 2. The number of imidazole rings is 1. The smallest absolute Gasteiger partial charge is 0.278 e. The van der Waals surface area contributed by atoms with E-state index in [1.54, 1.807) is 24.0 Å². The summed E-state index contributed by atoms with van der Waals surface area (Å²) in [5.74, 6) is 0.0656. The summed E-state index contributed by atoms with van der Waals surface area (Å²) in [5.41, 5.74) is 7.24. The van der Waals surface area contributed by atoms with Gasteiger partial charge in [-0.15, -0.1) is 0 Å². The SMILES string of the molecule is CCn1nc(C)c(N)c1C(=O)Nc1ncc[nH]1. The molecule has 0 aliphatic carbocycles. The number of hydrogen-bond acceptors (Lipinski definition) is 4. The highest BCUT2D eigenvalue weighted by Gasteiger charge is 2.19. The third-order valence-corrected chi connectivity index (χ3v) is 2.42. The van der Waals surface area contributed by atoms with Gasteiger partial charge >= 0.3 is 0 Å². The first-order chi connectivity index (χ1) is 8.13. The quantitative estimate of drug-likeness (QED) is 0.729. The van der Waals surface area contributed by atoms with Crippen molar-refractivity contribution in [3.63, 3.8) is 0 Å². The molecular weight excluding hydrogens is 220 g/mol. The number of H-pyrrole nitrogens is 1. The molecule has 0 unspecified atom stereocenters. The van der Waals surface area contributed by atoms with Crippen LogP contribution in [0.25, 0.3) is 0 Å². The van der Waals surface area contributed by atoms with Crippen LogP contribution >= 0.6 is 0 Å². The highest BCUT2D eigenvalue weighted by Crippen LogP contribution is 2.17. The average Bonchev–Trinajstić information content (AvgIpc) is 2.88. The van der Waals surface area contributed by atoms with Gasteiger partial charge in [0.2, 0.25) is 5.95 Å². The third-order valence-electron chi connectivity index (χ3n) is 2.42. The number of aromatic amines is 1. The molecule has 2 heterocycles. The van der Waals surface area contributed by atoms with Crippen molar-refractivity contribution < 1.29 is 4.79 Å². The van der Waals surface area contributed by atoms with Gasteiger partial charge in [0.25, 0.3) is 5.91 Å². The molecule has 2 aromatic rings. The molecule has 0 aromatic carbocycles. The van der Waals surface area contributed by atoms with Crippen LogP contribution in [0, 0.1) is 6.92 Å². The van der Waals surface area contributed by atoms with E-state index in [2.05, 4.69) is 20.4 Å². The highest BCUT2D eigenvalue weighted by molar-refractivity contribution is 6.05.